The van der Waals surface area contributed by atoms with E-state index in [-0.39, 0.29) is 11.6 Å². The molecule has 1 fully saturated rings. The molecular formula is C26H23N5O3. The molecule has 8 nitrogen and oxygen atoms in total. The molecule has 0 bridgehead atoms. The molecule has 1 aromatic heterocycles. The van der Waals surface area contributed by atoms with E-state index in [1.165, 1.54) is 12.1 Å². The van der Waals surface area contributed by atoms with Crippen molar-refractivity contribution in [1.29, 1.82) is 0 Å². The number of non-ortho nitro benzene ring substituents is 1. The van der Waals surface area contributed by atoms with Crippen LogP contribution in [0.25, 0.3) is 22.2 Å². The van der Waals surface area contributed by atoms with E-state index < -0.39 is 4.92 Å². The molecule has 2 heterocycles. The van der Waals surface area contributed by atoms with Crippen molar-refractivity contribution in [3.8, 4) is 11.3 Å². The Morgan fingerprint density at radius 2 is 1.56 bits per heavy atom. The van der Waals surface area contributed by atoms with E-state index in [4.69, 9.17) is 0 Å². The average molecular weight is 454 g/mol. The van der Waals surface area contributed by atoms with E-state index in [0.717, 1.165) is 22.2 Å². The lowest BCUT2D eigenvalue weighted by Crippen LogP contribution is -2.49. The molecule has 1 amide bonds. The molecule has 5 rings (SSSR count). The summed E-state index contributed by atoms with van der Waals surface area (Å²) in [5, 5.41) is 20.5. The second-order valence-electron chi connectivity index (χ2n) is 8.36. The van der Waals surface area contributed by atoms with Crippen LogP contribution < -0.4 is 4.90 Å². The van der Waals surface area contributed by atoms with Crippen LogP contribution in [0.2, 0.25) is 0 Å². The Hall–Kier alpha value is -4.33. The quantitative estimate of drug-likeness (QED) is 0.334. The number of nitro benzene ring substituents is 1. The minimum atomic E-state index is -0.404. The Morgan fingerprint density at radius 3 is 2.24 bits per heavy atom. The van der Waals surface area contributed by atoms with Crippen LogP contribution in [0.3, 0.4) is 0 Å². The van der Waals surface area contributed by atoms with Crippen molar-refractivity contribution in [2.75, 3.05) is 31.1 Å². The molecule has 1 saturated heterocycles. The lowest BCUT2D eigenvalue weighted by Gasteiger charge is -2.36. The van der Waals surface area contributed by atoms with Crippen LogP contribution in [0.5, 0.6) is 0 Å². The Bertz CT molecular complexity index is 1360. The summed E-state index contributed by atoms with van der Waals surface area (Å²) in [6.07, 6.45) is 0. The van der Waals surface area contributed by atoms with Gasteiger partial charge in [0.25, 0.3) is 11.6 Å². The van der Waals surface area contributed by atoms with Crippen molar-refractivity contribution in [2.24, 2.45) is 0 Å². The Kier molecular flexibility index (Phi) is 5.63. The smallest absolute Gasteiger partial charge is 0.269 e. The number of carbonyl (C=O) groups excluding carboxylic acids is 1. The zero-order valence-corrected chi connectivity index (χ0v) is 18.7. The van der Waals surface area contributed by atoms with Crippen LogP contribution in [0.4, 0.5) is 11.4 Å². The molecule has 170 valence electrons. The summed E-state index contributed by atoms with van der Waals surface area (Å²) in [5.74, 6) is -0.0648. The SMILES string of the molecule is Cc1ccc(-c2nnc3ccccc3c2C(=O)N2CCN(c3ccc([N+](=O)[O-])cc3)CC2)cc1. The van der Waals surface area contributed by atoms with E-state index in [2.05, 4.69) is 15.1 Å². The minimum Gasteiger partial charge on any atom is -0.368 e. The van der Waals surface area contributed by atoms with Gasteiger partial charge in [0.05, 0.1) is 16.0 Å². The molecule has 1 aliphatic heterocycles. The van der Waals surface area contributed by atoms with Gasteiger partial charge in [-0.15, -0.1) is 10.2 Å². The van der Waals surface area contributed by atoms with Gasteiger partial charge in [-0.3, -0.25) is 14.9 Å². The van der Waals surface area contributed by atoms with Crippen molar-refractivity contribution in [1.82, 2.24) is 15.1 Å². The summed E-state index contributed by atoms with van der Waals surface area (Å²) in [5.41, 5.74) is 4.81. The summed E-state index contributed by atoms with van der Waals surface area (Å²) in [7, 11) is 0. The largest absolute Gasteiger partial charge is 0.368 e. The van der Waals surface area contributed by atoms with E-state index in [1.807, 2.05) is 60.4 Å². The summed E-state index contributed by atoms with van der Waals surface area (Å²) in [4.78, 5) is 28.3. The van der Waals surface area contributed by atoms with Gasteiger partial charge in [-0.25, -0.2) is 0 Å². The number of carbonyl (C=O) groups is 1. The number of amides is 1. The number of aromatic nitrogens is 2. The number of anilines is 1. The fourth-order valence-corrected chi connectivity index (χ4v) is 4.29. The van der Waals surface area contributed by atoms with Crippen LogP contribution in [-0.4, -0.2) is 52.1 Å². The molecule has 0 spiro atoms. The number of fused-ring (bicyclic) bond motifs is 1. The van der Waals surface area contributed by atoms with E-state index in [1.54, 1.807) is 12.1 Å². The molecule has 0 saturated carbocycles. The number of benzene rings is 3. The van der Waals surface area contributed by atoms with Crippen molar-refractivity contribution in [3.63, 3.8) is 0 Å². The van der Waals surface area contributed by atoms with Gasteiger partial charge in [0.15, 0.2) is 0 Å². The van der Waals surface area contributed by atoms with Gasteiger partial charge >= 0.3 is 0 Å². The second-order valence-corrected chi connectivity index (χ2v) is 8.36. The Morgan fingerprint density at radius 1 is 0.882 bits per heavy atom. The first kappa shape index (κ1) is 21.5. The highest BCUT2D eigenvalue weighted by Crippen LogP contribution is 2.29. The molecule has 0 unspecified atom stereocenters. The maximum absolute atomic E-state index is 13.8. The molecule has 0 N–H and O–H groups in total. The molecule has 34 heavy (non-hydrogen) atoms. The topological polar surface area (TPSA) is 92.5 Å². The number of hydrogen-bond acceptors (Lipinski definition) is 6. The summed E-state index contributed by atoms with van der Waals surface area (Å²) in [6, 6.07) is 22.1. The maximum Gasteiger partial charge on any atom is 0.269 e. The second kappa shape index (κ2) is 8.90. The number of aryl methyl sites for hydroxylation is 1. The highest BCUT2D eigenvalue weighted by Gasteiger charge is 2.27. The highest BCUT2D eigenvalue weighted by atomic mass is 16.6. The number of piperazine rings is 1. The lowest BCUT2D eigenvalue weighted by molar-refractivity contribution is -0.384. The van der Waals surface area contributed by atoms with Crippen LogP contribution in [0.15, 0.2) is 72.8 Å². The van der Waals surface area contributed by atoms with E-state index >= 15 is 0 Å². The highest BCUT2D eigenvalue weighted by molar-refractivity contribution is 6.10. The third-order valence-electron chi connectivity index (χ3n) is 6.20. The molecule has 8 heteroatoms. The number of nitro groups is 1. The van der Waals surface area contributed by atoms with Crippen molar-refractivity contribution in [3.05, 3.63) is 94.0 Å². The third kappa shape index (κ3) is 4.05. The van der Waals surface area contributed by atoms with Crippen molar-refractivity contribution < 1.29 is 9.72 Å². The third-order valence-corrected chi connectivity index (χ3v) is 6.20. The first-order valence-corrected chi connectivity index (χ1v) is 11.1. The number of hydrogen-bond donors (Lipinski definition) is 0. The van der Waals surface area contributed by atoms with Gasteiger partial charge in [-0.2, -0.15) is 0 Å². The van der Waals surface area contributed by atoms with Crippen molar-refractivity contribution in [2.45, 2.75) is 6.92 Å². The summed E-state index contributed by atoms with van der Waals surface area (Å²) in [6.45, 7) is 4.38. The van der Waals surface area contributed by atoms with Gasteiger partial charge in [-0.1, -0.05) is 48.0 Å². The van der Waals surface area contributed by atoms with Gasteiger partial charge in [0.2, 0.25) is 0 Å². The molecule has 3 aromatic carbocycles. The predicted octanol–water partition coefficient (Wildman–Crippen LogP) is 4.48. The maximum atomic E-state index is 13.8. The summed E-state index contributed by atoms with van der Waals surface area (Å²) < 4.78 is 0. The molecule has 4 aromatic rings. The fourth-order valence-electron chi connectivity index (χ4n) is 4.29. The molecule has 1 aliphatic rings. The average Bonchev–Trinajstić information content (AvgIpc) is 2.88. The number of rotatable bonds is 4. The Labute approximate surface area is 196 Å². The lowest BCUT2D eigenvalue weighted by atomic mass is 9.99. The monoisotopic (exact) mass is 453 g/mol. The Balaban J connectivity index is 1.43. The molecule has 0 aliphatic carbocycles. The van der Waals surface area contributed by atoms with Gasteiger partial charge in [0, 0.05) is 54.9 Å². The number of nitrogens with zero attached hydrogens (tertiary/aromatic N) is 5. The van der Waals surface area contributed by atoms with E-state index in [9.17, 15) is 14.9 Å². The first-order chi connectivity index (χ1) is 16.5. The first-order valence-electron chi connectivity index (χ1n) is 11.1. The molecule has 0 atom stereocenters. The normalized spacial score (nSPS) is 13.8. The van der Waals surface area contributed by atoms with Crippen LogP contribution in [-0.2, 0) is 0 Å². The fraction of sp³-hybridized carbons (Fsp3) is 0.192. The van der Waals surface area contributed by atoms with E-state index in [0.29, 0.717) is 43.0 Å². The van der Waals surface area contributed by atoms with Crippen LogP contribution >= 0.6 is 0 Å². The van der Waals surface area contributed by atoms with Crippen LogP contribution in [0, 0.1) is 17.0 Å². The zero-order valence-electron chi connectivity index (χ0n) is 18.7. The van der Waals surface area contributed by atoms with Gasteiger partial charge in [0.1, 0.15) is 5.69 Å². The van der Waals surface area contributed by atoms with Crippen molar-refractivity contribution >= 4 is 28.2 Å². The standard InChI is InChI=1S/C26H23N5O3/c1-18-6-8-19(9-7-18)25-24(22-4-2-3-5-23(22)27-28-25)26(32)30-16-14-29(15-17-30)20-10-12-21(13-11-20)31(33)34/h2-13H,14-17H2,1H3. The summed E-state index contributed by atoms with van der Waals surface area (Å²) >= 11 is 0. The molecule has 0 radical (unpaired) electrons. The molecular weight excluding hydrogens is 430 g/mol. The van der Waals surface area contributed by atoms with Crippen LogP contribution in [0.1, 0.15) is 15.9 Å². The van der Waals surface area contributed by atoms with Gasteiger partial charge in [-0.05, 0) is 25.1 Å². The zero-order chi connectivity index (χ0) is 23.7. The minimum absolute atomic E-state index is 0.0648. The predicted molar refractivity (Wildman–Crippen MR) is 131 cm³/mol. The van der Waals surface area contributed by atoms with Gasteiger partial charge < -0.3 is 9.80 Å².